The summed E-state index contributed by atoms with van der Waals surface area (Å²) in [6.07, 6.45) is 0.127. The van der Waals surface area contributed by atoms with Crippen molar-refractivity contribution in [2.24, 2.45) is 11.8 Å². The number of imide groups is 1. The summed E-state index contributed by atoms with van der Waals surface area (Å²) in [6.45, 7) is 8.37. The third kappa shape index (κ3) is 4.79. The van der Waals surface area contributed by atoms with E-state index in [1.165, 1.54) is 0 Å². The molecule has 0 saturated carbocycles. The minimum absolute atomic E-state index is 0.0636. The van der Waals surface area contributed by atoms with Crippen molar-refractivity contribution >= 4 is 31.3 Å². The van der Waals surface area contributed by atoms with E-state index in [1.54, 1.807) is 24.3 Å². The molecule has 0 atom stereocenters. The Bertz CT molecular complexity index is 658. The van der Waals surface area contributed by atoms with Crippen LogP contribution in [-0.4, -0.2) is 36.0 Å². The highest BCUT2D eigenvalue weighted by molar-refractivity contribution is 6.85. The molecule has 142 valence electrons. The van der Waals surface area contributed by atoms with Gasteiger partial charge in [0.2, 0.25) is 8.32 Å². The van der Waals surface area contributed by atoms with E-state index in [4.69, 9.17) is 4.84 Å². The Balaban J connectivity index is 2.16. The van der Waals surface area contributed by atoms with Crippen LogP contribution >= 0.6 is 0 Å². The van der Waals surface area contributed by atoms with Crippen LogP contribution in [0.4, 0.5) is 0 Å². The highest BCUT2D eigenvalue weighted by Gasteiger charge is 2.36. The quantitative estimate of drug-likeness (QED) is 0.582. The van der Waals surface area contributed by atoms with Crippen LogP contribution in [0.15, 0.2) is 24.3 Å². The maximum Gasteiger partial charge on any atom is 0.363 e. The van der Waals surface area contributed by atoms with Gasteiger partial charge in [0.15, 0.2) is 0 Å². The molecule has 1 aromatic carbocycles. The molecule has 0 aliphatic carbocycles. The van der Waals surface area contributed by atoms with Gasteiger partial charge in [-0.25, -0.2) is 4.79 Å². The van der Waals surface area contributed by atoms with Crippen LogP contribution in [0, 0.1) is 11.8 Å². The van der Waals surface area contributed by atoms with E-state index in [-0.39, 0.29) is 18.4 Å². The van der Waals surface area contributed by atoms with Gasteiger partial charge in [-0.15, -0.1) is 5.06 Å². The first-order valence-corrected chi connectivity index (χ1v) is 11.4. The molecule has 1 saturated heterocycles. The van der Waals surface area contributed by atoms with Gasteiger partial charge in [-0.1, -0.05) is 39.8 Å². The van der Waals surface area contributed by atoms with Crippen molar-refractivity contribution in [1.29, 1.82) is 0 Å². The van der Waals surface area contributed by atoms with Gasteiger partial charge in [0.25, 0.3) is 11.8 Å². The second-order valence-corrected chi connectivity index (χ2v) is 11.2. The second kappa shape index (κ2) is 8.14. The second-order valence-electron chi connectivity index (χ2n) is 7.77. The lowest BCUT2D eigenvalue weighted by molar-refractivity contribution is -0.172. The molecule has 1 fully saturated rings. The van der Waals surface area contributed by atoms with Crippen molar-refractivity contribution in [3.8, 4) is 0 Å². The highest BCUT2D eigenvalue weighted by Crippen LogP contribution is 2.23. The minimum Gasteiger partial charge on any atom is -0.427 e. The predicted octanol–water partition coefficient (Wildman–Crippen LogP) is 2.36. The van der Waals surface area contributed by atoms with Crippen LogP contribution in [-0.2, 0) is 14.4 Å². The molecule has 0 spiro atoms. The molecule has 2 amide bonds. The number of carbonyl (C=O) groups excluding carboxylic acids is 3. The van der Waals surface area contributed by atoms with E-state index >= 15 is 0 Å². The molecule has 1 aliphatic rings. The van der Waals surface area contributed by atoms with Crippen molar-refractivity contribution in [2.75, 3.05) is 0 Å². The van der Waals surface area contributed by atoms with E-state index < -0.39 is 26.1 Å². The SMILES string of the molecule is CC(C)C[Si](O)(CC(C)C)c1ccc(C(=O)ON2C(=O)CCC2=O)cc1. The van der Waals surface area contributed by atoms with E-state index in [2.05, 4.69) is 27.7 Å². The summed E-state index contributed by atoms with van der Waals surface area (Å²) >= 11 is 0. The van der Waals surface area contributed by atoms with Crippen LogP contribution in [0.25, 0.3) is 0 Å². The van der Waals surface area contributed by atoms with E-state index in [0.717, 1.165) is 17.3 Å². The van der Waals surface area contributed by atoms with Crippen LogP contribution in [0.3, 0.4) is 0 Å². The zero-order chi connectivity index (χ0) is 19.5. The minimum atomic E-state index is -2.64. The van der Waals surface area contributed by atoms with Gasteiger partial charge in [0.1, 0.15) is 0 Å². The molecule has 0 radical (unpaired) electrons. The Morgan fingerprint density at radius 1 is 1.04 bits per heavy atom. The van der Waals surface area contributed by atoms with Gasteiger partial charge in [-0.05, 0) is 41.2 Å². The number of hydroxylamine groups is 2. The van der Waals surface area contributed by atoms with Gasteiger partial charge < -0.3 is 9.63 Å². The summed E-state index contributed by atoms with van der Waals surface area (Å²) in [5, 5.41) is 1.42. The summed E-state index contributed by atoms with van der Waals surface area (Å²) in [5.41, 5.74) is 0.242. The summed E-state index contributed by atoms with van der Waals surface area (Å²) in [5.74, 6) is -1.01. The average molecular weight is 378 g/mol. The third-order valence-corrected chi connectivity index (χ3v) is 8.72. The maximum absolute atomic E-state index is 12.2. The number of hydrogen-bond donors (Lipinski definition) is 1. The van der Waals surface area contributed by atoms with Gasteiger partial charge in [-0.3, -0.25) is 9.59 Å². The third-order valence-electron chi connectivity index (χ3n) is 4.33. The van der Waals surface area contributed by atoms with E-state index in [0.29, 0.717) is 16.9 Å². The molecule has 0 bridgehead atoms. The topological polar surface area (TPSA) is 83.9 Å². The largest absolute Gasteiger partial charge is 0.427 e. The summed E-state index contributed by atoms with van der Waals surface area (Å²) in [6, 6.07) is 8.21. The normalized spacial score (nSPS) is 15.3. The number of amides is 2. The maximum atomic E-state index is 12.2. The van der Waals surface area contributed by atoms with Crippen molar-refractivity contribution in [2.45, 2.75) is 52.6 Å². The smallest absolute Gasteiger partial charge is 0.363 e. The lowest BCUT2D eigenvalue weighted by Crippen LogP contribution is -2.50. The molecule has 1 aromatic rings. The highest BCUT2D eigenvalue weighted by atomic mass is 28.4. The molecule has 1 aliphatic heterocycles. The van der Waals surface area contributed by atoms with Gasteiger partial charge in [0.05, 0.1) is 5.56 Å². The molecule has 0 aromatic heterocycles. The number of benzene rings is 1. The molecule has 1 heterocycles. The van der Waals surface area contributed by atoms with E-state index in [9.17, 15) is 19.2 Å². The van der Waals surface area contributed by atoms with E-state index in [1.807, 2.05) is 0 Å². The Kier molecular flexibility index (Phi) is 6.36. The van der Waals surface area contributed by atoms with Crippen molar-refractivity contribution in [3.05, 3.63) is 29.8 Å². The van der Waals surface area contributed by atoms with Crippen LogP contribution in [0.2, 0.25) is 12.1 Å². The fourth-order valence-corrected chi connectivity index (χ4v) is 7.51. The molecule has 6 nitrogen and oxygen atoms in total. The Hall–Kier alpha value is -1.99. The summed E-state index contributed by atoms with van der Waals surface area (Å²) < 4.78 is 0. The van der Waals surface area contributed by atoms with Crippen LogP contribution < -0.4 is 5.19 Å². The summed E-state index contributed by atoms with van der Waals surface area (Å²) in [7, 11) is -2.64. The fourth-order valence-electron chi connectivity index (χ4n) is 3.38. The van der Waals surface area contributed by atoms with Gasteiger partial charge in [-0.2, -0.15) is 0 Å². The Labute approximate surface area is 155 Å². The monoisotopic (exact) mass is 377 g/mol. The standard InChI is InChI=1S/C19H27NO5Si/c1-13(2)11-26(24,12-14(3)4)16-7-5-15(6-8-16)19(23)25-20-17(21)9-10-18(20)22/h5-8,13-14,24H,9-12H2,1-4H3. The first-order chi connectivity index (χ1) is 12.1. The number of carbonyl (C=O) groups is 3. The van der Waals surface area contributed by atoms with Crippen LogP contribution in [0.1, 0.15) is 50.9 Å². The molecule has 7 heteroatoms. The zero-order valence-electron chi connectivity index (χ0n) is 15.8. The molecule has 0 unspecified atom stereocenters. The number of rotatable bonds is 7. The van der Waals surface area contributed by atoms with Crippen LogP contribution in [0.5, 0.6) is 0 Å². The molecule has 1 N–H and O–H groups in total. The number of hydrogen-bond acceptors (Lipinski definition) is 5. The first kappa shape index (κ1) is 20.3. The predicted molar refractivity (Wildman–Crippen MR) is 99.8 cm³/mol. The van der Waals surface area contributed by atoms with Gasteiger partial charge in [0, 0.05) is 12.8 Å². The lowest BCUT2D eigenvalue weighted by Gasteiger charge is -2.29. The number of nitrogens with zero attached hydrogens (tertiary/aromatic N) is 1. The Morgan fingerprint density at radius 3 is 1.92 bits per heavy atom. The first-order valence-electron chi connectivity index (χ1n) is 9.03. The van der Waals surface area contributed by atoms with Crippen molar-refractivity contribution < 1.29 is 24.0 Å². The summed E-state index contributed by atoms with van der Waals surface area (Å²) in [4.78, 5) is 51.5. The Morgan fingerprint density at radius 2 is 1.50 bits per heavy atom. The molecule has 2 rings (SSSR count). The zero-order valence-corrected chi connectivity index (χ0v) is 16.8. The van der Waals surface area contributed by atoms with Crippen molar-refractivity contribution in [1.82, 2.24) is 5.06 Å². The molecular formula is C19H27NO5Si. The average Bonchev–Trinajstić information content (AvgIpc) is 2.85. The van der Waals surface area contributed by atoms with Crippen molar-refractivity contribution in [3.63, 3.8) is 0 Å². The lowest BCUT2D eigenvalue weighted by atomic mass is 10.2. The fraction of sp³-hybridized carbons (Fsp3) is 0.526. The molecule has 26 heavy (non-hydrogen) atoms. The van der Waals surface area contributed by atoms with Gasteiger partial charge >= 0.3 is 5.97 Å². The molecular weight excluding hydrogens is 350 g/mol.